The first-order valence-corrected chi connectivity index (χ1v) is 8.72. The molecule has 0 spiro atoms. The Hall–Kier alpha value is -0.120. The molecule has 20 heavy (non-hydrogen) atoms. The van der Waals surface area contributed by atoms with E-state index in [-0.39, 0.29) is 0 Å². The third-order valence-corrected chi connectivity index (χ3v) is 5.59. The Labute approximate surface area is 126 Å². The minimum Gasteiger partial charge on any atom is -0.312 e. The molecule has 1 heterocycles. The molecule has 0 aromatic carbocycles. The van der Waals surface area contributed by atoms with Crippen LogP contribution >= 0.6 is 0 Å². The SMILES string of the molecule is CCCNC1CCC(C)CC1N1CC(C)N(C)C(C)C1. The third kappa shape index (κ3) is 3.75. The summed E-state index contributed by atoms with van der Waals surface area (Å²) < 4.78 is 0. The Morgan fingerprint density at radius 2 is 1.70 bits per heavy atom. The normalized spacial score (nSPS) is 41.0. The smallest absolute Gasteiger partial charge is 0.0253 e. The summed E-state index contributed by atoms with van der Waals surface area (Å²) in [4.78, 5) is 5.33. The van der Waals surface area contributed by atoms with Gasteiger partial charge in [0.1, 0.15) is 0 Å². The number of rotatable bonds is 4. The van der Waals surface area contributed by atoms with E-state index in [1.165, 1.54) is 45.3 Å². The Balaban J connectivity index is 2.02. The highest BCUT2D eigenvalue weighted by Crippen LogP contribution is 2.30. The van der Waals surface area contributed by atoms with Crippen LogP contribution in [0.15, 0.2) is 0 Å². The average molecular weight is 281 g/mol. The molecule has 3 nitrogen and oxygen atoms in total. The zero-order valence-corrected chi connectivity index (χ0v) is 14.2. The van der Waals surface area contributed by atoms with E-state index in [1.807, 2.05) is 0 Å². The molecule has 2 fully saturated rings. The molecule has 0 aromatic rings. The van der Waals surface area contributed by atoms with E-state index in [0.29, 0.717) is 18.1 Å². The van der Waals surface area contributed by atoms with Crippen LogP contribution in [0.2, 0.25) is 0 Å². The highest BCUT2D eigenvalue weighted by atomic mass is 15.3. The molecule has 2 rings (SSSR count). The minimum atomic E-state index is 0.683. The van der Waals surface area contributed by atoms with Gasteiger partial charge in [-0.2, -0.15) is 0 Å². The van der Waals surface area contributed by atoms with Crippen molar-refractivity contribution in [2.24, 2.45) is 5.92 Å². The van der Waals surface area contributed by atoms with Crippen LogP contribution in [-0.2, 0) is 0 Å². The van der Waals surface area contributed by atoms with Crippen molar-refractivity contribution < 1.29 is 0 Å². The molecule has 0 amide bonds. The Morgan fingerprint density at radius 3 is 2.30 bits per heavy atom. The van der Waals surface area contributed by atoms with Crippen LogP contribution in [0.3, 0.4) is 0 Å². The van der Waals surface area contributed by atoms with Crippen LogP contribution in [0, 0.1) is 5.92 Å². The van der Waals surface area contributed by atoms with Crippen molar-refractivity contribution >= 4 is 0 Å². The van der Waals surface area contributed by atoms with E-state index in [2.05, 4.69) is 49.9 Å². The predicted molar refractivity (Wildman–Crippen MR) is 87.1 cm³/mol. The van der Waals surface area contributed by atoms with Crippen LogP contribution in [0.25, 0.3) is 0 Å². The lowest BCUT2D eigenvalue weighted by atomic mass is 9.81. The number of nitrogens with one attached hydrogen (secondary N) is 1. The van der Waals surface area contributed by atoms with Gasteiger partial charge in [-0.3, -0.25) is 9.80 Å². The topological polar surface area (TPSA) is 18.5 Å². The molecule has 5 unspecified atom stereocenters. The maximum Gasteiger partial charge on any atom is 0.0253 e. The summed E-state index contributed by atoms with van der Waals surface area (Å²) in [5, 5.41) is 3.82. The molecule has 5 atom stereocenters. The van der Waals surface area contributed by atoms with E-state index in [0.717, 1.165) is 12.0 Å². The fourth-order valence-electron chi connectivity index (χ4n) is 4.04. The molecule has 118 valence electrons. The van der Waals surface area contributed by atoms with Gasteiger partial charge >= 0.3 is 0 Å². The summed E-state index contributed by atoms with van der Waals surface area (Å²) in [5.74, 6) is 0.893. The van der Waals surface area contributed by atoms with Crippen molar-refractivity contribution in [3.8, 4) is 0 Å². The van der Waals surface area contributed by atoms with Crippen molar-refractivity contribution in [3.05, 3.63) is 0 Å². The summed E-state index contributed by atoms with van der Waals surface area (Å²) in [6, 6.07) is 2.84. The summed E-state index contributed by atoms with van der Waals surface area (Å²) in [6.07, 6.45) is 5.39. The lowest BCUT2D eigenvalue weighted by Crippen LogP contribution is -2.62. The highest BCUT2D eigenvalue weighted by Gasteiger charge is 2.37. The number of nitrogens with zero attached hydrogens (tertiary/aromatic N) is 2. The first kappa shape index (κ1) is 16.3. The lowest BCUT2D eigenvalue weighted by Gasteiger charge is -2.49. The summed E-state index contributed by atoms with van der Waals surface area (Å²) >= 11 is 0. The molecule has 1 saturated carbocycles. The van der Waals surface area contributed by atoms with Crippen LogP contribution in [-0.4, -0.2) is 60.6 Å². The average Bonchev–Trinajstić information content (AvgIpc) is 2.43. The Morgan fingerprint density at radius 1 is 1.05 bits per heavy atom. The molecule has 1 aliphatic heterocycles. The summed E-state index contributed by atoms with van der Waals surface area (Å²) in [7, 11) is 2.28. The van der Waals surface area contributed by atoms with Crippen molar-refractivity contribution in [3.63, 3.8) is 0 Å². The van der Waals surface area contributed by atoms with Crippen molar-refractivity contribution in [1.29, 1.82) is 0 Å². The first-order chi connectivity index (χ1) is 9.52. The van der Waals surface area contributed by atoms with Crippen LogP contribution in [0.5, 0.6) is 0 Å². The van der Waals surface area contributed by atoms with Gasteiger partial charge in [-0.15, -0.1) is 0 Å². The van der Waals surface area contributed by atoms with Gasteiger partial charge in [0.15, 0.2) is 0 Å². The molecule has 3 heteroatoms. The third-order valence-electron chi connectivity index (χ3n) is 5.59. The number of hydrogen-bond acceptors (Lipinski definition) is 3. The van der Waals surface area contributed by atoms with Gasteiger partial charge in [0, 0.05) is 37.3 Å². The quantitative estimate of drug-likeness (QED) is 0.854. The maximum absolute atomic E-state index is 3.82. The zero-order valence-electron chi connectivity index (χ0n) is 14.2. The molecule has 0 bridgehead atoms. The zero-order chi connectivity index (χ0) is 14.7. The molecule has 0 aromatic heterocycles. The van der Waals surface area contributed by atoms with Gasteiger partial charge in [0.25, 0.3) is 0 Å². The second kappa shape index (κ2) is 7.24. The fraction of sp³-hybridized carbons (Fsp3) is 1.00. The van der Waals surface area contributed by atoms with E-state index in [4.69, 9.17) is 0 Å². The van der Waals surface area contributed by atoms with Gasteiger partial charge in [0.05, 0.1) is 0 Å². The Bertz CT molecular complexity index is 280. The van der Waals surface area contributed by atoms with Gasteiger partial charge < -0.3 is 5.32 Å². The number of likely N-dealkylation sites (N-methyl/N-ethyl adjacent to an activating group) is 1. The first-order valence-electron chi connectivity index (χ1n) is 8.72. The minimum absolute atomic E-state index is 0.683. The molecule has 1 N–H and O–H groups in total. The predicted octanol–water partition coefficient (Wildman–Crippen LogP) is 2.57. The van der Waals surface area contributed by atoms with Crippen LogP contribution in [0.1, 0.15) is 53.4 Å². The van der Waals surface area contributed by atoms with Gasteiger partial charge in [-0.05, 0) is 59.0 Å². The maximum atomic E-state index is 3.82. The molecule has 0 radical (unpaired) electrons. The standard InChI is InChI=1S/C17H35N3/c1-6-9-18-16-8-7-13(2)10-17(16)20-11-14(3)19(5)15(4)12-20/h13-18H,6-12H2,1-5H3. The van der Waals surface area contributed by atoms with Crippen LogP contribution < -0.4 is 5.32 Å². The van der Waals surface area contributed by atoms with Gasteiger partial charge in [0.2, 0.25) is 0 Å². The van der Waals surface area contributed by atoms with Crippen molar-refractivity contribution in [2.45, 2.75) is 77.5 Å². The van der Waals surface area contributed by atoms with Gasteiger partial charge in [-0.1, -0.05) is 13.8 Å². The van der Waals surface area contributed by atoms with Crippen molar-refractivity contribution in [2.75, 3.05) is 26.7 Å². The lowest BCUT2D eigenvalue weighted by molar-refractivity contribution is 0.00539. The number of hydrogen-bond donors (Lipinski definition) is 1. The largest absolute Gasteiger partial charge is 0.312 e. The van der Waals surface area contributed by atoms with E-state index >= 15 is 0 Å². The van der Waals surface area contributed by atoms with E-state index in [1.54, 1.807) is 0 Å². The van der Waals surface area contributed by atoms with Gasteiger partial charge in [-0.25, -0.2) is 0 Å². The molecule has 2 aliphatic rings. The Kier molecular flexibility index (Phi) is 5.88. The second-order valence-electron chi connectivity index (χ2n) is 7.36. The molecule has 1 saturated heterocycles. The van der Waals surface area contributed by atoms with E-state index in [9.17, 15) is 0 Å². The summed E-state index contributed by atoms with van der Waals surface area (Å²) in [5.41, 5.74) is 0. The van der Waals surface area contributed by atoms with E-state index < -0.39 is 0 Å². The molecular weight excluding hydrogens is 246 g/mol. The van der Waals surface area contributed by atoms with Crippen molar-refractivity contribution in [1.82, 2.24) is 15.1 Å². The fourth-order valence-corrected chi connectivity index (χ4v) is 4.04. The summed E-state index contributed by atoms with van der Waals surface area (Å²) in [6.45, 7) is 13.1. The molecular formula is C17H35N3. The second-order valence-corrected chi connectivity index (χ2v) is 7.36. The highest BCUT2D eigenvalue weighted by molar-refractivity contribution is 4.94. The monoisotopic (exact) mass is 281 g/mol. The van der Waals surface area contributed by atoms with Crippen LogP contribution in [0.4, 0.5) is 0 Å². The molecule has 1 aliphatic carbocycles. The number of piperazine rings is 1.